The summed E-state index contributed by atoms with van der Waals surface area (Å²) in [7, 11) is -1.84. The van der Waals surface area contributed by atoms with Gasteiger partial charge < -0.3 is 9.74 Å². The highest BCUT2D eigenvalue weighted by Crippen LogP contribution is 2.37. The van der Waals surface area contributed by atoms with Crippen LogP contribution in [0.25, 0.3) is 0 Å². The average Bonchev–Trinajstić information content (AvgIpc) is 2.43. The average molecular weight is 334 g/mol. The maximum Gasteiger partial charge on any atom is 0.250 e. The van der Waals surface area contributed by atoms with Crippen LogP contribution in [-0.4, -0.2) is 14.1 Å². The quantitative estimate of drug-likeness (QED) is 0.534. The smallest absolute Gasteiger partial charge is 0.250 e. The highest BCUT2D eigenvalue weighted by atomic mass is 28.4. The summed E-state index contributed by atoms with van der Waals surface area (Å²) in [5.41, 5.74) is 1.85. The molecular formula is C19H28FNOSi. The van der Waals surface area contributed by atoms with E-state index in [1.165, 1.54) is 0 Å². The molecule has 0 amide bonds. The van der Waals surface area contributed by atoms with E-state index in [0.29, 0.717) is 6.42 Å². The van der Waals surface area contributed by atoms with Gasteiger partial charge in [-0.3, -0.25) is 0 Å². The van der Waals surface area contributed by atoms with Gasteiger partial charge in [-0.25, -0.2) is 4.39 Å². The lowest BCUT2D eigenvalue weighted by Gasteiger charge is -2.36. The van der Waals surface area contributed by atoms with Gasteiger partial charge >= 0.3 is 0 Å². The fourth-order valence-corrected chi connectivity index (χ4v) is 3.13. The number of anilines is 1. The Bertz CT molecular complexity index is 613. The number of rotatable bonds is 4. The van der Waals surface area contributed by atoms with E-state index in [-0.39, 0.29) is 5.04 Å². The zero-order chi connectivity index (χ0) is 17.3. The summed E-state index contributed by atoms with van der Waals surface area (Å²) in [6, 6.07) is 7.59. The van der Waals surface area contributed by atoms with Crippen LogP contribution in [0.3, 0.4) is 0 Å². The summed E-state index contributed by atoms with van der Waals surface area (Å²) in [6.45, 7) is 13.1. The lowest BCUT2D eigenvalue weighted by Crippen LogP contribution is -2.43. The Kier molecular flexibility index (Phi) is 4.76. The summed E-state index contributed by atoms with van der Waals surface area (Å²) in [6.07, 6.45) is 5.65. The van der Waals surface area contributed by atoms with Crippen LogP contribution in [0.1, 0.15) is 34.1 Å². The molecule has 1 aromatic rings. The molecule has 126 valence electrons. The molecule has 0 spiro atoms. The molecule has 4 heteroatoms. The Morgan fingerprint density at radius 3 is 2.26 bits per heavy atom. The van der Waals surface area contributed by atoms with Gasteiger partial charge in [-0.05, 0) is 55.4 Å². The predicted molar refractivity (Wildman–Crippen MR) is 99.2 cm³/mol. The zero-order valence-electron chi connectivity index (χ0n) is 15.0. The van der Waals surface area contributed by atoms with Crippen LogP contribution < -0.4 is 9.74 Å². The van der Waals surface area contributed by atoms with E-state index in [0.717, 1.165) is 17.0 Å². The zero-order valence-corrected chi connectivity index (χ0v) is 16.0. The van der Waals surface area contributed by atoms with Crippen LogP contribution >= 0.6 is 0 Å². The van der Waals surface area contributed by atoms with Crippen molar-refractivity contribution in [2.45, 2.75) is 58.0 Å². The van der Waals surface area contributed by atoms with Gasteiger partial charge in [0.25, 0.3) is 0 Å². The van der Waals surface area contributed by atoms with E-state index < -0.39 is 14.1 Å². The Labute approximate surface area is 140 Å². The van der Waals surface area contributed by atoms with Crippen molar-refractivity contribution in [3.8, 4) is 5.75 Å². The Balaban J connectivity index is 2.05. The molecule has 0 saturated heterocycles. The molecule has 0 aromatic heterocycles. The van der Waals surface area contributed by atoms with Gasteiger partial charge in [-0.1, -0.05) is 38.5 Å². The largest absolute Gasteiger partial charge is 0.544 e. The highest BCUT2D eigenvalue weighted by Gasteiger charge is 2.39. The van der Waals surface area contributed by atoms with Gasteiger partial charge in [-0.2, -0.15) is 0 Å². The molecule has 2 rings (SSSR count). The molecule has 1 N–H and O–H groups in total. The molecule has 1 aromatic carbocycles. The van der Waals surface area contributed by atoms with Crippen molar-refractivity contribution < 1.29 is 8.82 Å². The van der Waals surface area contributed by atoms with Crippen LogP contribution in [0.4, 0.5) is 10.1 Å². The molecular weight excluding hydrogens is 305 g/mol. The van der Waals surface area contributed by atoms with E-state index in [2.05, 4.69) is 39.2 Å². The third kappa shape index (κ3) is 4.47. The van der Waals surface area contributed by atoms with E-state index in [1.807, 2.05) is 43.3 Å². The number of alkyl halides is 1. The lowest BCUT2D eigenvalue weighted by molar-refractivity contribution is 0.271. The van der Waals surface area contributed by atoms with Crippen molar-refractivity contribution in [3.05, 3.63) is 48.1 Å². The van der Waals surface area contributed by atoms with Crippen LogP contribution in [-0.2, 0) is 0 Å². The SMILES string of the molecule is CC1=CCC(F)(Nc2ccc(O[Si](C)(C)C(C)(C)C)cc2)C=C1. The molecule has 1 unspecified atom stereocenters. The summed E-state index contributed by atoms with van der Waals surface area (Å²) in [5.74, 6) is -0.661. The first-order chi connectivity index (χ1) is 10.5. The van der Waals surface area contributed by atoms with E-state index in [9.17, 15) is 4.39 Å². The summed E-state index contributed by atoms with van der Waals surface area (Å²) in [4.78, 5) is 0. The van der Waals surface area contributed by atoms with Crippen LogP contribution in [0, 0.1) is 0 Å². The van der Waals surface area contributed by atoms with Gasteiger partial charge in [0.15, 0.2) is 0 Å². The van der Waals surface area contributed by atoms with Gasteiger partial charge in [0.05, 0.1) is 0 Å². The van der Waals surface area contributed by atoms with E-state index in [1.54, 1.807) is 6.08 Å². The van der Waals surface area contributed by atoms with Crippen molar-refractivity contribution in [1.82, 2.24) is 0 Å². The maximum atomic E-state index is 14.7. The first-order valence-electron chi connectivity index (χ1n) is 8.13. The second kappa shape index (κ2) is 6.15. The van der Waals surface area contributed by atoms with Gasteiger partial charge in [0.1, 0.15) is 5.75 Å². The first kappa shape index (κ1) is 17.8. The van der Waals surface area contributed by atoms with E-state index in [4.69, 9.17) is 4.43 Å². The van der Waals surface area contributed by atoms with Gasteiger partial charge in [0.2, 0.25) is 14.1 Å². The fourth-order valence-electron chi connectivity index (χ4n) is 2.10. The molecule has 0 radical (unpaired) electrons. The minimum Gasteiger partial charge on any atom is -0.544 e. The second-order valence-corrected chi connectivity index (χ2v) is 12.6. The van der Waals surface area contributed by atoms with Gasteiger partial charge in [-0.15, -0.1) is 0 Å². The minimum absolute atomic E-state index is 0.157. The summed E-state index contributed by atoms with van der Waals surface area (Å²) < 4.78 is 20.9. The predicted octanol–water partition coefficient (Wildman–Crippen LogP) is 6.05. The third-order valence-corrected chi connectivity index (χ3v) is 9.08. The molecule has 2 nitrogen and oxygen atoms in total. The topological polar surface area (TPSA) is 21.3 Å². The fraction of sp³-hybridized carbons (Fsp3) is 0.474. The molecule has 0 fully saturated rings. The number of benzene rings is 1. The standard InChI is InChI=1S/C19H28FNOSi/c1-15-11-13-19(20,14-12-15)21-16-7-9-17(10-8-16)22-23(5,6)18(2,3)4/h7-13,21H,14H2,1-6H3. The van der Waals surface area contributed by atoms with Crippen LogP contribution in [0.2, 0.25) is 18.1 Å². The van der Waals surface area contributed by atoms with E-state index >= 15 is 0 Å². The molecule has 23 heavy (non-hydrogen) atoms. The molecule has 1 aliphatic carbocycles. The second-order valence-electron chi connectivity index (χ2n) is 7.86. The van der Waals surface area contributed by atoms with Crippen LogP contribution in [0.15, 0.2) is 48.1 Å². The minimum atomic E-state index is -1.84. The third-order valence-electron chi connectivity index (χ3n) is 4.72. The van der Waals surface area contributed by atoms with Crippen molar-refractivity contribution in [3.63, 3.8) is 0 Å². The Morgan fingerprint density at radius 1 is 1.17 bits per heavy atom. The molecule has 1 atom stereocenters. The number of hydrogen-bond acceptors (Lipinski definition) is 2. The maximum absolute atomic E-state index is 14.7. The number of halogens is 1. The van der Waals surface area contributed by atoms with Crippen molar-refractivity contribution >= 4 is 14.0 Å². The van der Waals surface area contributed by atoms with Crippen LogP contribution in [0.5, 0.6) is 5.75 Å². The highest BCUT2D eigenvalue weighted by molar-refractivity contribution is 6.74. The van der Waals surface area contributed by atoms with Gasteiger partial charge in [0, 0.05) is 12.1 Å². The summed E-state index contributed by atoms with van der Waals surface area (Å²) >= 11 is 0. The number of allylic oxidation sites excluding steroid dienone is 2. The molecule has 0 bridgehead atoms. The van der Waals surface area contributed by atoms with Crippen molar-refractivity contribution in [1.29, 1.82) is 0 Å². The Hall–Kier alpha value is -1.55. The number of hydrogen-bond donors (Lipinski definition) is 1. The molecule has 0 saturated carbocycles. The Morgan fingerprint density at radius 2 is 1.78 bits per heavy atom. The van der Waals surface area contributed by atoms with Crippen molar-refractivity contribution in [2.75, 3.05) is 5.32 Å². The molecule has 1 aliphatic rings. The number of nitrogens with one attached hydrogen (secondary N) is 1. The van der Waals surface area contributed by atoms with Crippen molar-refractivity contribution in [2.24, 2.45) is 0 Å². The molecule has 0 heterocycles. The normalized spacial score (nSPS) is 21.8. The lowest BCUT2D eigenvalue weighted by atomic mass is 10.0. The first-order valence-corrected chi connectivity index (χ1v) is 11.0. The molecule has 0 aliphatic heterocycles. The monoisotopic (exact) mass is 333 g/mol. The summed E-state index contributed by atoms with van der Waals surface area (Å²) in [5, 5.41) is 3.11.